The summed E-state index contributed by atoms with van der Waals surface area (Å²) in [5, 5.41) is 26.6. The smallest absolute Gasteiger partial charge is 0.271 e. The van der Waals surface area contributed by atoms with Crippen molar-refractivity contribution < 1.29 is 14.8 Å². The van der Waals surface area contributed by atoms with Crippen molar-refractivity contribution in [1.82, 2.24) is 9.99 Å². The molecule has 4 rings (SSSR count). The van der Waals surface area contributed by atoms with Crippen molar-refractivity contribution in [2.24, 2.45) is 5.10 Å². The number of hydrogen-bond acceptors (Lipinski definition) is 6. The Bertz CT molecular complexity index is 1340. The second kappa shape index (κ2) is 9.16. The van der Waals surface area contributed by atoms with Gasteiger partial charge in [-0.3, -0.25) is 19.5 Å². The van der Waals surface area contributed by atoms with E-state index >= 15 is 0 Å². The van der Waals surface area contributed by atoms with E-state index in [1.807, 2.05) is 34.2 Å². The van der Waals surface area contributed by atoms with Crippen LogP contribution < -0.4 is 10.2 Å². The number of rotatable bonds is 5. The Labute approximate surface area is 194 Å². The molecule has 10 heteroatoms. The molecule has 8 nitrogen and oxygen atoms in total. The third kappa shape index (κ3) is 4.61. The number of phenolic OH excluding ortho intramolecular Hbond substituents is 1. The minimum Gasteiger partial charge on any atom is -0.508 e. The number of nitro groups is 1. The van der Waals surface area contributed by atoms with Gasteiger partial charge in [-0.05, 0) is 54.1 Å². The van der Waals surface area contributed by atoms with Crippen LogP contribution in [0, 0.1) is 10.1 Å². The lowest BCUT2D eigenvalue weighted by Crippen LogP contribution is -2.24. The van der Waals surface area contributed by atoms with Crippen molar-refractivity contribution >= 4 is 38.9 Å². The molecule has 3 aromatic carbocycles. The highest BCUT2D eigenvalue weighted by atomic mass is 79.9. The van der Waals surface area contributed by atoms with Gasteiger partial charge in [0.25, 0.3) is 11.6 Å². The first-order valence-electron chi connectivity index (χ1n) is 9.27. The number of amides is 1. The minimum absolute atomic E-state index is 0.0195. The molecule has 0 saturated carbocycles. The Morgan fingerprint density at radius 3 is 2.31 bits per heavy atom. The number of benzene rings is 3. The van der Waals surface area contributed by atoms with Crippen molar-refractivity contribution in [1.29, 1.82) is 0 Å². The van der Waals surface area contributed by atoms with Gasteiger partial charge in [0, 0.05) is 33.2 Å². The first kappa shape index (κ1) is 21.5. The number of thiazole rings is 1. The van der Waals surface area contributed by atoms with Crippen LogP contribution in [0.15, 0.2) is 87.8 Å². The summed E-state index contributed by atoms with van der Waals surface area (Å²) in [4.78, 5) is 23.5. The van der Waals surface area contributed by atoms with Gasteiger partial charge in [0.2, 0.25) is 4.80 Å². The molecule has 1 aromatic heterocycles. The van der Waals surface area contributed by atoms with Crippen LogP contribution in [0.3, 0.4) is 0 Å². The molecule has 0 radical (unpaired) electrons. The van der Waals surface area contributed by atoms with Crippen molar-refractivity contribution in [3.63, 3.8) is 0 Å². The van der Waals surface area contributed by atoms with Crippen LogP contribution in [0.25, 0.3) is 16.9 Å². The van der Waals surface area contributed by atoms with Gasteiger partial charge in [0.05, 0.1) is 10.6 Å². The summed E-state index contributed by atoms with van der Waals surface area (Å²) >= 11 is 4.74. The lowest BCUT2D eigenvalue weighted by atomic mass is 10.1. The second-order valence-corrected chi connectivity index (χ2v) is 8.37. The summed E-state index contributed by atoms with van der Waals surface area (Å²) in [5.74, 6) is -0.370. The lowest BCUT2D eigenvalue weighted by molar-refractivity contribution is -0.384. The van der Waals surface area contributed by atoms with E-state index < -0.39 is 10.8 Å². The number of carbonyl (C=O) groups excluding carboxylic acids is 1. The molecule has 0 spiro atoms. The average molecular weight is 511 g/mol. The topological polar surface area (TPSA) is 110 Å². The number of nitrogens with zero attached hydrogens (tertiary/aromatic N) is 3. The summed E-state index contributed by atoms with van der Waals surface area (Å²) < 4.78 is 2.75. The SMILES string of the molecule is O=C(N/N=c1/scc(-c2ccc(Br)cc2)n1-c1ccc([N+](=O)[O-])cc1)c1ccc(O)cc1. The molecule has 4 aromatic rings. The number of nitro benzene ring substituents is 1. The van der Waals surface area contributed by atoms with Crippen LogP contribution in [0.2, 0.25) is 0 Å². The van der Waals surface area contributed by atoms with E-state index in [0.717, 1.165) is 15.7 Å². The zero-order valence-corrected chi connectivity index (χ0v) is 18.7. The van der Waals surface area contributed by atoms with E-state index in [-0.39, 0.29) is 11.4 Å². The third-order valence-electron chi connectivity index (χ3n) is 4.55. The second-order valence-electron chi connectivity index (χ2n) is 6.62. The highest BCUT2D eigenvalue weighted by Gasteiger charge is 2.13. The lowest BCUT2D eigenvalue weighted by Gasteiger charge is -2.09. The first-order chi connectivity index (χ1) is 15.4. The molecule has 2 N–H and O–H groups in total. The van der Waals surface area contributed by atoms with Gasteiger partial charge in [-0.2, -0.15) is 0 Å². The molecule has 1 amide bonds. The molecule has 0 aliphatic heterocycles. The fourth-order valence-electron chi connectivity index (χ4n) is 2.96. The quantitative estimate of drug-likeness (QED) is 0.296. The number of hydrogen-bond donors (Lipinski definition) is 2. The van der Waals surface area contributed by atoms with Crippen molar-refractivity contribution in [3.8, 4) is 22.7 Å². The average Bonchev–Trinajstić information content (AvgIpc) is 3.22. The van der Waals surface area contributed by atoms with E-state index in [2.05, 4.69) is 26.5 Å². The van der Waals surface area contributed by atoms with Crippen molar-refractivity contribution in [3.05, 3.63) is 103 Å². The van der Waals surface area contributed by atoms with E-state index in [4.69, 9.17) is 0 Å². The number of halogens is 1. The number of aromatic hydroxyl groups is 1. The molecule has 0 aliphatic rings. The monoisotopic (exact) mass is 510 g/mol. The predicted octanol–water partition coefficient (Wildman–Crippen LogP) is 4.83. The molecule has 0 fully saturated rings. The standard InChI is InChI=1S/C22H15BrN4O4S/c23-16-5-1-14(2-6-16)20-13-32-22(25-24-21(29)15-3-11-19(28)12-4-15)26(20)17-7-9-18(10-8-17)27(30)31/h1-13,28H,(H,24,29)/b25-22+. The van der Waals surface area contributed by atoms with Crippen LogP contribution in [-0.4, -0.2) is 20.5 Å². The largest absolute Gasteiger partial charge is 0.508 e. The zero-order valence-electron chi connectivity index (χ0n) is 16.3. The number of phenols is 1. The molecule has 0 aliphatic carbocycles. The van der Waals surface area contributed by atoms with Gasteiger partial charge < -0.3 is 5.11 Å². The number of carbonyl (C=O) groups is 1. The van der Waals surface area contributed by atoms with Crippen LogP contribution in [-0.2, 0) is 0 Å². The van der Waals surface area contributed by atoms with Gasteiger partial charge in [0.15, 0.2) is 0 Å². The highest BCUT2D eigenvalue weighted by Crippen LogP contribution is 2.26. The Balaban J connectivity index is 1.77. The van der Waals surface area contributed by atoms with E-state index in [0.29, 0.717) is 16.1 Å². The van der Waals surface area contributed by atoms with Crippen molar-refractivity contribution in [2.45, 2.75) is 0 Å². The molecule has 1 heterocycles. The fourth-order valence-corrected chi connectivity index (χ4v) is 4.09. The van der Waals surface area contributed by atoms with Crippen LogP contribution in [0.4, 0.5) is 5.69 Å². The zero-order chi connectivity index (χ0) is 22.7. The molecule has 0 bridgehead atoms. The van der Waals surface area contributed by atoms with E-state index in [1.165, 1.54) is 47.7 Å². The summed E-state index contributed by atoms with van der Waals surface area (Å²) in [6.07, 6.45) is 0. The Morgan fingerprint density at radius 1 is 1.03 bits per heavy atom. The molecular weight excluding hydrogens is 496 g/mol. The van der Waals surface area contributed by atoms with Gasteiger partial charge in [-0.1, -0.05) is 28.1 Å². The Hall–Kier alpha value is -3.76. The first-order valence-corrected chi connectivity index (χ1v) is 10.9. The summed E-state index contributed by atoms with van der Waals surface area (Å²) in [7, 11) is 0. The van der Waals surface area contributed by atoms with E-state index in [9.17, 15) is 20.0 Å². The maximum Gasteiger partial charge on any atom is 0.271 e. The number of non-ortho nitro benzene ring substituents is 1. The number of nitrogens with one attached hydrogen (secondary N) is 1. The van der Waals surface area contributed by atoms with Crippen LogP contribution >= 0.6 is 27.3 Å². The Kier molecular flexibility index (Phi) is 6.15. The summed E-state index contributed by atoms with van der Waals surface area (Å²) in [6, 6.07) is 19.6. The molecule has 0 saturated heterocycles. The molecule has 160 valence electrons. The van der Waals surface area contributed by atoms with E-state index in [1.54, 1.807) is 12.1 Å². The van der Waals surface area contributed by atoms with Gasteiger partial charge in [-0.25, -0.2) is 5.43 Å². The molecular formula is C22H15BrN4O4S. The maximum absolute atomic E-state index is 12.4. The normalized spacial score (nSPS) is 11.3. The molecule has 32 heavy (non-hydrogen) atoms. The molecule has 0 unspecified atom stereocenters. The third-order valence-corrected chi connectivity index (χ3v) is 5.90. The van der Waals surface area contributed by atoms with Crippen LogP contribution in [0.5, 0.6) is 5.75 Å². The van der Waals surface area contributed by atoms with Crippen molar-refractivity contribution in [2.75, 3.05) is 0 Å². The molecule has 0 atom stereocenters. The van der Waals surface area contributed by atoms with Gasteiger partial charge >= 0.3 is 0 Å². The highest BCUT2D eigenvalue weighted by molar-refractivity contribution is 9.10. The minimum atomic E-state index is -0.457. The van der Waals surface area contributed by atoms with Gasteiger partial charge in [-0.15, -0.1) is 16.4 Å². The number of aromatic nitrogens is 1. The fraction of sp³-hybridized carbons (Fsp3) is 0. The Morgan fingerprint density at radius 2 is 1.69 bits per heavy atom. The van der Waals surface area contributed by atoms with Gasteiger partial charge in [0.1, 0.15) is 5.75 Å². The summed E-state index contributed by atoms with van der Waals surface area (Å²) in [6.45, 7) is 0. The summed E-state index contributed by atoms with van der Waals surface area (Å²) in [5.41, 5.74) is 5.24. The maximum atomic E-state index is 12.4. The van der Waals surface area contributed by atoms with Crippen LogP contribution in [0.1, 0.15) is 10.4 Å². The predicted molar refractivity (Wildman–Crippen MR) is 125 cm³/mol.